The molecular formula is C48H89NO8. The number of ether oxygens (including phenoxy) is 4. The van der Waals surface area contributed by atoms with Gasteiger partial charge in [0.25, 0.3) is 0 Å². The van der Waals surface area contributed by atoms with Crippen LogP contribution in [0.25, 0.3) is 0 Å². The van der Waals surface area contributed by atoms with Crippen molar-refractivity contribution in [1.82, 2.24) is 4.90 Å². The van der Waals surface area contributed by atoms with Crippen molar-refractivity contribution >= 4 is 23.9 Å². The molecule has 1 rings (SSSR count). The maximum absolute atomic E-state index is 13.4. The maximum atomic E-state index is 13.4. The van der Waals surface area contributed by atoms with Crippen LogP contribution >= 0.6 is 0 Å². The summed E-state index contributed by atoms with van der Waals surface area (Å²) < 4.78 is 23.0. The Bertz CT molecular complexity index is 980. The third-order valence-corrected chi connectivity index (χ3v) is 11.8. The molecule has 1 aliphatic heterocycles. The van der Waals surface area contributed by atoms with Crippen LogP contribution in [-0.4, -0.2) is 74.8 Å². The molecule has 1 heterocycles. The molecule has 0 bridgehead atoms. The van der Waals surface area contributed by atoms with Gasteiger partial charge in [-0.1, -0.05) is 136 Å². The summed E-state index contributed by atoms with van der Waals surface area (Å²) in [4.78, 5) is 53.1. The second-order valence-corrected chi connectivity index (χ2v) is 17.5. The molecule has 0 aromatic rings. The minimum atomic E-state index is -0.431. The molecule has 0 saturated carbocycles. The number of rotatable bonds is 38. The fourth-order valence-corrected chi connectivity index (χ4v) is 7.53. The van der Waals surface area contributed by atoms with E-state index in [9.17, 15) is 19.2 Å². The highest BCUT2D eigenvalue weighted by Crippen LogP contribution is 2.33. The van der Waals surface area contributed by atoms with E-state index in [1.165, 1.54) is 64.2 Å². The quantitative estimate of drug-likeness (QED) is 0.0342. The summed E-state index contributed by atoms with van der Waals surface area (Å²) in [5, 5.41) is 0. The van der Waals surface area contributed by atoms with Crippen LogP contribution in [0.15, 0.2) is 0 Å². The van der Waals surface area contributed by atoms with Gasteiger partial charge in [0.05, 0.1) is 25.2 Å². The number of hydrogen-bond acceptors (Lipinski definition) is 9. The van der Waals surface area contributed by atoms with Crippen LogP contribution in [-0.2, 0) is 38.1 Å². The molecule has 1 unspecified atom stereocenters. The number of unbranched alkanes of at least 4 members (excludes halogenated alkanes) is 18. The van der Waals surface area contributed by atoms with Gasteiger partial charge >= 0.3 is 23.9 Å². The van der Waals surface area contributed by atoms with Crippen molar-refractivity contribution < 1.29 is 38.1 Å². The Morgan fingerprint density at radius 2 is 0.895 bits per heavy atom. The Labute approximate surface area is 350 Å². The van der Waals surface area contributed by atoms with Crippen LogP contribution in [0.3, 0.4) is 0 Å². The van der Waals surface area contributed by atoms with E-state index in [0.29, 0.717) is 51.6 Å². The smallest absolute Gasteiger partial charge is 0.312 e. The lowest BCUT2D eigenvalue weighted by Gasteiger charge is -2.36. The first-order valence-corrected chi connectivity index (χ1v) is 24.0. The molecule has 0 radical (unpaired) electrons. The summed E-state index contributed by atoms with van der Waals surface area (Å²) in [6, 6.07) is 0. The molecule has 9 nitrogen and oxygen atoms in total. The Hall–Kier alpha value is -2.16. The maximum Gasteiger partial charge on any atom is 0.312 e. The van der Waals surface area contributed by atoms with E-state index in [1.807, 2.05) is 0 Å². The van der Waals surface area contributed by atoms with E-state index in [1.54, 1.807) is 0 Å². The zero-order chi connectivity index (χ0) is 41.8. The molecule has 1 saturated heterocycles. The van der Waals surface area contributed by atoms with Gasteiger partial charge in [-0.3, -0.25) is 19.2 Å². The number of carbonyl (C=O) groups is 4. The zero-order valence-corrected chi connectivity index (χ0v) is 37.8. The number of carbonyl (C=O) groups excluding carboxylic acids is 4. The van der Waals surface area contributed by atoms with E-state index < -0.39 is 5.41 Å². The summed E-state index contributed by atoms with van der Waals surface area (Å²) in [5.41, 5.74) is -0.431. The second-order valence-electron chi connectivity index (χ2n) is 17.5. The Morgan fingerprint density at radius 1 is 0.509 bits per heavy atom. The minimum absolute atomic E-state index is 0.0719. The van der Waals surface area contributed by atoms with E-state index in [-0.39, 0.29) is 49.1 Å². The standard InChI is InChI=1S/C48H89NO8/c1-6-9-12-15-16-17-18-19-22-23-30-43(57-47(53)48(4)35-37-49(5)38-36-48)31-28-39-54-44(50)34-27-26-29-42(40-55-45(51)32-24-20-13-10-7-2)41-56-46(52)33-25-21-14-11-8-3/h42-43H,6-41H2,1-5H3. The van der Waals surface area contributed by atoms with Gasteiger partial charge in [-0.15, -0.1) is 0 Å². The molecule has 0 aromatic heterocycles. The molecule has 0 aromatic carbocycles. The molecule has 0 aliphatic carbocycles. The minimum Gasteiger partial charge on any atom is -0.466 e. The van der Waals surface area contributed by atoms with E-state index >= 15 is 0 Å². The molecule has 0 spiro atoms. The number of esters is 4. The predicted molar refractivity (Wildman–Crippen MR) is 232 cm³/mol. The van der Waals surface area contributed by atoms with Gasteiger partial charge in [0, 0.05) is 25.2 Å². The first-order valence-electron chi connectivity index (χ1n) is 24.0. The highest BCUT2D eigenvalue weighted by Gasteiger charge is 2.38. The lowest BCUT2D eigenvalue weighted by molar-refractivity contribution is -0.164. The van der Waals surface area contributed by atoms with Crippen LogP contribution in [0, 0.1) is 11.3 Å². The third kappa shape index (κ3) is 29.7. The molecule has 57 heavy (non-hydrogen) atoms. The number of hydrogen-bond donors (Lipinski definition) is 0. The second kappa shape index (κ2) is 35.8. The fourth-order valence-electron chi connectivity index (χ4n) is 7.53. The Balaban J connectivity index is 2.49. The van der Waals surface area contributed by atoms with Crippen molar-refractivity contribution in [2.24, 2.45) is 11.3 Å². The van der Waals surface area contributed by atoms with Gasteiger partial charge in [0.15, 0.2) is 0 Å². The van der Waals surface area contributed by atoms with Crippen molar-refractivity contribution in [2.45, 2.75) is 233 Å². The van der Waals surface area contributed by atoms with E-state index in [2.05, 4.69) is 39.6 Å². The first-order chi connectivity index (χ1) is 27.6. The fraction of sp³-hybridized carbons (Fsp3) is 0.917. The van der Waals surface area contributed by atoms with Crippen molar-refractivity contribution in [2.75, 3.05) is 40.0 Å². The van der Waals surface area contributed by atoms with Gasteiger partial charge in [-0.25, -0.2) is 0 Å². The predicted octanol–water partition coefficient (Wildman–Crippen LogP) is 12.2. The first kappa shape index (κ1) is 52.9. The summed E-state index contributed by atoms with van der Waals surface area (Å²) in [6.45, 7) is 11.2. The van der Waals surface area contributed by atoms with Crippen LogP contribution < -0.4 is 0 Å². The summed E-state index contributed by atoms with van der Waals surface area (Å²) >= 11 is 0. The average Bonchev–Trinajstić information content (AvgIpc) is 3.20. The number of likely N-dealkylation sites (tertiary alicyclic amines) is 1. The summed E-state index contributed by atoms with van der Waals surface area (Å²) in [7, 11) is 2.10. The molecule has 0 amide bonds. The lowest BCUT2D eigenvalue weighted by Crippen LogP contribution is -2.42. The van der Waals surface area contributed by atoms with Gasteiger partial charge < -0.3 is 23.8 Å². The van der Waals surface area contributed by atoms with Crippen molar-refractivity contribution in [3.05, 3.63) is 0 Å². The molecular weight excluding hydrogens is 719 g/mol. The molecule has 334 valence electrons. The van der Waals surface area contributed by atoms with Crippen molar-refractivity contribution in [1.29, 1.82) is 0 Å². The van der Waals surface area contributed by atoms with E-state index in [4.69, 9.17) is 18.9 Å². The third-order valence-electron chi connectivity index (χ3n) is 11.8. The normalized spacial score (nSPS) is 14.7. The molecule has 1 aliphatic rings. The van der Waals surface area contributed by atoms with Crippen LogP contribution in [0.1, 0.15) is 227 Å². The van der Waals surface area contributed by atoms with Crippen LogP contribution in [0.4, 0.5) is 0 Å². The number of nitrogens with zero attached hydrogens (tertiary/aromatic N) is 1. The average molecular weight is 808 g/mol. The SMILES string of the molecule is CCCCCCCCCCCCC(CCCOC(=O)CCCCC(COC(=O)CCCCCCC)COC(=O)CCCCCCC)OC(=O)C1(C)CCN(C)CC1. The summed E-state index contributed by atoms with van der Waals surface area (Å²) in [5.74, 6) is -0.784. The van der Waals surface area contributed by atoms with Crippen LogP contribution in [0.2, 0.25) is 0 Å². The Morgan fingerprint density at radius 3 is 1.39 bits per heavy atom. The lowest BCUT2D eigenvalue weighted by atomic mass is 9.80. The monoisotopic (exact) mass is 808 g/mol. The molecule has 1 atom stereocenters. The van der Waals surface area contributed by atoms with Gasteiger partial charge in [0.1, 0.15) is 6.10 Å². The highest BCUT2D eigenvalue weighted by molar-refractivity contribution is 5.76. The molecule has 0 N–H and O–H groups in total. The zero-order valence-electron chi connectivity index (χ0n) is 37.8. The van der Waals surface area contributed by atoms with Crippen LogP contribution in [0.5, 0.6) is 0 Å². The molecule has 1 fully saturated rings. The van der Waals surface area contributed by atoms with Gasteiger partial charge in [-0.05, 0) is 91.3 Å². The topological polar surface area (TPSA) is 108 Å². The van der Waals surface area contributed by atoms with E-state index in [0.717, 1.165) is 103 Å². The largest absolute Gasteiger partial charge is 0.466 e. The van der Waals surface area contributed by atoms with Gasteiger partial charge in [-0.2, -0.15) is 0 Å². The Kier molecular flexibility index (Phi) is 33.2. The highest BCUT2D eigenvalue weighted by atomic mass is 16.6. The number of piperidine rings is 1. The van der Waals surface area contributed by atoms with Crippen molar-refractivity contribution in [3.8, 4) is 0 Å². The molecule has 9 heteroatoms. The summed E-state index contributed by atoms with van der Waals surface area (Å²) in [6.07, 6.45) is 30.3. The van der Waals surface area contributed by atoms with Crippen molar-refractivity contribution in [3.63, 3.8) is 0 Å². The van der Waals surface area contributed by atoms with Gasteiger partial charge in [0.2, 0.25) is 0 Å².